The Morgan fingerprint density at radius 2 is 2.50 bits per heavy atom. The molecule has 0 saturated carbocycles. The summed E-state index contributed by atoms with van der Waals surface area (Å²) in [5, 5.41) is 9.27. The molecule has 0 aliphatic heterocycles. The largest absolute Gasteiger partial charge is 0.475 e. The number of hydrogen-bond acceptors (Lipinski definition) is 2. The van der Waals surface area contributed by atoms with Crippen LogP contribution >= 0.6 is 0 Å². The number of hydrogen-bond donors (Lipinski definition) is 1. The Kier molecular flexibility index (Phi) is 1.91. The number of carbonyl (C=O) groups is 1. The van der Waals surface area contributed by atoms with E-state index in [1.807, 2.05) is 6.55 Å². The lowest BCUT2D eigenvalue weighted by Crippen LogP contribution is -2.16. The number of rotatable bonds is 2. The monoisotopic (exact) mass is 154 g/mol. The van der Waals surface area contributed by atoms with Gasteiger partial charge in [-0.1, -0.05) is 6.55 Å². The first-order valence-electron chi connectivity index (χ1n) is 2.74. The lowest BCUT2D eigenvalue weighted by molar-refractivity contribution is 0.0664. The summed E-state index contributed by atoms with van der Waals surface area (Å²) < 4.78 is 4.72. The van der Waals surface area contributed by atoms with Crippen molar-refractivity contribution < 1.29 is 14.3 Å². The van der Waals surface area contributed by atoms with E-state index < -0.39 is 5.97 Å². The summed E-state index contributed by atoms with van der Waals surface area (Å²) >= 11 is 0. The zero-order valence-corrected chi connectivity index (χ0v) is 6.42. The predicted molar refractivity (Wildman–Crippen MR) is 36.9 cm³/mol. The Hall–Kier alpha value is -1.03. The topological polar surface area (TPSA) is 50.4 Å². The van der Waals surface area contributed by atoms with E-state index in [4.69, 9.17) is 9.52 Å². The third-order valence-electron chi connectivity index (χ3n) is 1.13. The smallest absolute Gasteiger partial charge is 0.371 e. The van der Waals surface area contributed by atoms with Gasteiger partial charge in [-0.25, -0.2) is 4.79 Å². The molecule has 4 heteroatoms. The van der Waals surface area contributed by atoms with Gasteiger partial charge < -0.3 is 9.52 Å². The second kappa shape index (κ2) is 2.70. The number of furan rings is 1. The summed E-state index contributed by atoms with van der Waals surface area (Å²) in [5.41, 5.74) is 0. The molecule has 0 aliphatic carbocycles. The standard InChI is InChI=1S/C6H6O3Si/c1-10-4-2-3-9-5(4)6(7)8/h2-3H,1H3,(H,7,8). The molecule has 1 rings (SSSR count). The number of carboxylic acid groups (broad SMARTS) is 1. The van der Waals surface area contributed by atoms with Crippen LogP contribution < -0.4 is 5.19 Å². The summed E-state index contributed by atoms with van der Waals surface area (Å²) in [5.74, 6) is -0.921. The van der Waals surface area contributed by atoms with Crippen molar-refractivity contribution in [2.75, 3.05) is 0 Å². The maximum atomic E-state index is 10.4. The van der Waals surface area contributed by atoms with E-state index in [2.05, 4.69) is 0 Å². The number of carboxylic acids is 1. The van der Waals surface area contributed by atoms with Crippen LogP contribution in [0.3, 0.4) is 0 Å². The Morgan fingerprint density at radius 3 is 2.90 bits per heavy atom. The van der Waals surface area contributed by atoms with E-state index in [9.17, 15) is 4.79 Å². The molecule has 0 unspecified atom stereocenters. The van der Waals surface area contributed by atoms with Crippen molar-refractivity contribution in [2.24, 2.45) is 0 Å². The average Bonchev–Trinajstić information content (AvgIpc) is 2.33. The minimum Gasteiger partial charge on any atom is -0.475 e. The van der Waals surface area contributed by atoms with Crippen molar-refractivity contribution >= 4 is 20.7 Å². The van der Waals surface area contributed by atoms with Gasteiger partial charge in [0.25, 0.3) is 0 Å². The third kappa shape index (κ3) is 1.11. The minimum atomic E-state index is -0.991. The lowest BCUT2D eigenvalue weighted by atomic mass is 10.4. The van der Waals surface area contributed by atoms with Crippen LogP contribution in [-0.4, -0.2) is 20.6 Å². The molecule has 52 valence electrons. The molecular weight excluding hydrogens is 148 g/mol. The van der Waals surface area contributed by atoms with Crippen LogP contribution in [-0.2, 0) is 0 Å². The van der Waals surface area contributed by atoms with Crippen molar-refractivity contribution in [1.82, 2.24) is 0 Å². The Balaban J connectivity index is 3.01. The maximum absolute atomic E-state index is 10.4. The van der Waals surface area contributed by atoms with E-state index in [1.54, 1.807) is 6.07 Å². The predicted octanol–water partition coefficient (Wildman–Crippen LogP) is 0.355. The quantitative estimate of drug-likeness (QED) is 0.625. The van der Waals surface area contributed by atoms with Gasteiger partial charge in [0.2, 0.25) is 5.76 Å². The van der Waals surface area contributed by atoms with Crippen LogP contribution in [0.2, 0.25) is 6.55 Å². The molecule has 0 saturated heterocycles. The highest BCUT2D eigenvalue weighted by atomic mass is 28.2. The molecule has 1 aromatic rings. The molecule has 1 heterocycles. The fourth-order valence-electron chi connectivity index (χ4n) is 0.672. The van der Waals surface area contributed by atoms with E-state index in [0.717, 1.165) is 5.19 Å². The van der Waals surface area contributed by atoms with Gasteiger partial charge in [-0.3, -0.25) is 0 Å². The Morgan fingerprint density at radius 1 is 1.80 bits per heavy atom. The summed E-state index contributed by atoms with van der Waals surface area (Å²) in [6.07, 6.45) is 1.40. The number of aromatic carboxylic acids is 1. The summed E-state index contributed by atoms with van der Waals surface area (Å²) in [4.78, 5) is 10.4. The van der Waals surface area contributed by atoms with Crippen molar-refractivity contribution in [3.63, 3.8) is 0 Å². The van der Waals surface area contributed by atoms with Gasteiger partial charge in [-0.2, -0.15) is 0 Å². The highest BCUT2D eigenvalue weighted by Crippen LogP contribution is 1.95. The SMILES string of the molecule is C[Si]c1ccoc1C(=O)O. The van der Waals surface area contributed by atoms with E-state index in [1.165, 1.54) is 6.26 Å². The van der Waals surface area contributed by atoms with Crippen LogP contribution in [0.25, 0.3) is 0 Å². The van der Waals surface area contributed by atoms with Gasteiger partial charge in [0.05, 0.1) is 15.8 Å². The van der Waals surface area contributed by atoms with Gasteiger partial charge >= 0.3 is 5.97 Å². The highest BCUT2D eigenvalue weighted by molar-refractivity contribution is 6.53. The molecule has 1 N–H and O–H groups in total. The van der Waals surface area contributed by atoms with Crippen LogP contribution in [0.4, 0.5) is 0 Å². The molecule has 10 heavy (non-hydrogen) atoms. The lowest BCUT2D eigenvalue weighted by Gasteiger charge is -1.89. The van der Waals surface area contributed by atoms with Gasteiger partial charge in [0.15, 0.2) is 0 Å². The van der Waals surface area contributed by atoms with E-state index in [-0.39, 0.29) is 5.76 Å². The normalized spacial score (nSPS) is 9.70. The zero-order chi connectivity index (χ0) is 7.56. The molecule has 0 aliphatic rings. The van der Waals surface area contributed by atoms with E-state index in [0.29, 0.717) is 9.52 Å². The maximum Gasteiger partial charge on any atom is 0.371 e. The molecule has 1 aromatic heterocycles. The van der Waals surface area contributed by atoms with Gasteiger partial charge in [-0.15, -0.1) is 0 Å². The second-order valence-corrected chi connectivity index (χ2v) is 2.76. The first kappa shape index (κ1) is 7.08. The average molecular weight is 154 g/mol. The molecule has 0 atom stereocenters. The highest BCUT2D eigenvalue weighted by Gasteiger charge is 2.11. The Bertz CT molecular complexity index is 241. The van der Waals surface area contributed by atoms with Crippen LogP contribution in [0, 0.1) is 0 Å². The summed E-state index contributed by atoms with van der Waals surface area (Å²) in [6, 6.07) is 1.68. The van der Waals surface area contributed by atoms with Crippen molar-refractivity contribution in [3.05, 3.63) is 18.1 Å². The molecular formula is C6H6O3Si. The van der Waals surface area contributed by atoms with Gasteiger partial charge in [0, 0.05) is 0 Å². The minimum absolute atomic E-state index is 0.0702. The van der Waals surface area contributed by atoms with Gasteiger partial charge in [0.1, 0.15) is 0 Å². The first-order chi connectivity index (χ1) is 4.75. The summed E-state index contributed by atoms with van der Waals surface area (Å²) in [7, 11) is 0.472. The fraction of sp³-hybridized carbons (Fsp3) is 0.167. The van der Waals surface area contributed by atoms with E-state index >= 15 is 0 Å². The molecule has 0 aromatic carbocycles. The molecule has 0 fully saturated rings. The third-order valence-corrected chi connectivity index (χ3v) is 2.06. The molecule has 0 amide bonds. The van der Waals surface area contributed by atoms with Crippen molar-refractivity contribution in [3.8, 4) is 0 Å². The van der Waals surface area contributed by atoms with Crippen molar-refractivity contribution in [1.29, 1.82) is 0 Å². The van der Waals surface area contributed by atoms with Crippen molar-refractivity contribution in [2.45, 2.75) is 6.55 Å². The molecule has 0 spiro atoms. The van der Waals surface area contributed by atoms with Crippen LogP contribution in [0.5, 0.6) is 0 Å². The summed E-state index contributed by atoms with van der Waals surface area (Å²) in [6.45, 7) is 1.91. The van der Waals surface area contributed by atoms with Gasteiger partial charge in [-0.05, 0) is 11.3 Å². The zero-order valence-electron chi connectivity index (χ0n) is 5.42. The molecule has 2 radical (unpaired) electrons. The van der Waals surface area contributed by atoms with Crippen LogP contribution in [0.15, 0.2) is 16.7 Å². The fourth-order valence-corrected chi connectivity index (χ4v) is 1.30. The first-order valence-corrected chi connectivity index (χ1v) is 4.24. The van der Waals surface area contributed by atoms with Crippen LogP contribution in [0.1, 0.15) is 10.6 Å². The second-order valence-electron chi connectivity index (χ2n) is 1.72. The molecule has 3 nitrogen and oxygen atoms in total. The molecule has 0 bridgehead atoms. The Labute approximate surface area is 60.5 Å².